The molecule has 0 bridgehead atoms. The lowest BCUT2D eigenvalue weighted by atomic mass is 10.2. The molecule has 0 radical (unpaired) electrons. The maximum atomic E-state index is 11.9. The highest BCUT2D eigenvalue weighted by atomic mass is 32.2. The van der Waals surface area contributed by atoms with Gasteiger partial charge in [-0.05, 0) is 12.0 Å². The third-order valence-electron chi connectivity index (χ3n) is 2.74. The van der Waals surface area contributed by atoms with Crippen LogP contribution in [-0.2, 0) is 4.79 Å². The molecule has 2 aromatic rings. The quantitative estimate of drug-likeness (QED) is 0.418. The topological polar surface area (TPSA) is 110 Å². The molecule has 1 aromatic heterocycles. The molecule has 0 unspecified atom stereocenters. The van der Waals surface area contributed by atoms with E-state index in [9.17, 15) is 14.9 Å². The third-order valence-corrected chi connectivity index (χ3v) is 4.75. The van der Waals surface area contributed by atoms with Gasteiger partial charge in [-0.2, -0.15) is 0 Å². The molecule has 1 aromatic carbocycles. The minimum atomic E-state index is -0.503. The van der Waals surface area contributed by atoms with E-state index in [1.807, 2.05) is 0 Å². The van der Waals surface area contributed by atoms with Gasteiger partial charge >= 0.3 is 0 Å². The van der Waals surface area contributed by atoms with Crippen LogP contribution in [0.5, 0.6) is 0 Å². The van der Waals surface area contributed by atoms with Crippen LogP contribution in [0.15, 0.2) is 28.6 Å². The van der Waals surface area contributed by atoms with Crippen LogP contribution < -0.4 is 10.6 Å². The van der Waals surface area contributed by atoms with Crippen molar-refractivity contribution in [2.75, 3.05) is 22.9 Å². The van der Waals surface area contributed by atoms with Crippen LogP contribution >= 0.6 is 23.1 Å². The van der Waals surface area contributed by atoms with Crippen molar-refractivity contribution < 1.29 is 9.72 Å². The Bertz CT molecular complexity index is 720. The first kappa shape index (κ1) is 18.1. The predicted molar refractivity (Wildman–Crippen MR) is 95.7 cm³/mol. The lowest BCUT2D eigenvalue weighted by Crippen LogP contribution is -2.14. The van der Waals surface area contributed by atoms with Gasteiger partial charge in [0.15, 0.2) is 4.34 Å². The Labute approximate surface area is 147 Å². The summed E-state index contributed by atoms with van der Waals surface area (Å²) >= 11 is 2.66. The van der Waals surface area contributed by atoms with Gasteiger partial charge in [0, 0.05) is 24.4 Å². The minimum absolute atomic E-state index is 0.0644. The molecular formula is C14H17N5O3S2. The molecule has 2 N–H and O–H groups in total. The second-order valence-electron chi connectivity index (χ2n) is 5.29. The fourth-order valence-corrected chi connectivity index (χ4v) is 3.21. The number of non-ortho nitro benzene ring substituents is 1. The van der Waals surface area contributed by atoms with E-state index in [0.717, 1.165) is 11.7 Å². The van der Waals surface area contributed by atoms with Crippen molar-refractivity contribution in [1.82, 2.24) is 10.2 Å². The van der Waals surface area contributed by atoms with Crippen LogP contribution in [0.3, 0.4) is 0 Å². The summed E-state index contributed by atoms with van der Waals surface area (Å²) in [5.74, 6) is 0.403. The van der Waals surface area contributed by atoms with Crippen molar-refractivity contribution in [3.63, 3.8) is 0 Å². The van der Waals surface area contributed by atoms with E-state index in [1.54, 1.807) is 6.07 Å². The molecule has 0 saturated heterocycles. The van der Waals surface area contributed by atoms with E-state index in [0.29, 0.717) is 15.9 Å². The highest BCUT2D eigenvalue weighted by molar-refractivity contribution is 8.01. The number of aromatic nitrogens is 2. The zero-order valence-corrected chi connectivity index (χ0v) is 14.8. The van der Waals surface area contributed by atoms with E-state index in [1.165, 1.54) is 41.3 Å². The molecular weight excluding hydrogens is 350 g/mol. The number of rotatable bonds is 8. The van der Waals surface area contributed by atoms with Crippen molar-refractivity contribution in [2.45, 2.75) is 18.2 Å². The number of hydrogen-bond donors (Lipinski definition) is 2. The highest BCUT2D eigenvalue weighted by Crippen LogP contribution is 2.26. The van der Waals surface area contributed by atoms with E-state index >= 15 is 0 Å². The molecule has 0 aliphatic rings. The molecule has 0 aliphatic heterocycles. The van der Waals surface area contributed by atoms with Gasteiger partial charge in [-0.15, -0.1) is 10.2 Å². The van der Waals surface area contributed by atoms with Crippen LogP contribution in [0.2, 0.25) is 0 Å². The molecule has 0 fully saturated rings. The fraction of sp³-hybridized carbons (Fsp3) is 0.357. The number of carbonyl (C=O) groups excluding carboxylic acids is 1. The molecule has 0 atom stereocenters. The molecule has 10 heteroatoms. The number of anilines is 2. The minimum Gasteiger partial charge on any atom is -0.360 e. The number of benzene rings is 1. The van der Waals surface area contributed by atoms with Crippen LogP contribution in [0, 0.1) is 16.0 Å². The largest absolute Gasteiger partial charge is 0.360 e. The number of hydrogen-bond acceptors (Lipinski definition) is 8. The molecule has 1 amide bonds. The van der Waals surface area contributed by atoms with Gasteiger partial charge in [0.25, 0.3) is 5.69 Å². The maximum absolute atomic E-state index is 11.9. The van der Waals surface area contributed by atoms with Crippen molar-refractivity contribution in [3.8, 4) is 0 Å². The van der Waals surface area contributed by atoms with Gasteiger partial charge in [0.1, 0.15) is 0 Å². The number of amides is 1. The van der Waals surface area contributed by atoms with Crippen molar-refractivity contribution in [2.24, 2.45) is 5.92 Å². The van der Waals surface area contributed by atoms with Crippen LogP contribution in [-0.4, -0.2) is 33.3 Å². The lowest BCUT2D eigenvalue weighted by molar-refractivity contribution is -0.384. The van der Waals surface area contributed by atoms with Crippen molar-refractivity contribution >= 4 is 45.5 Å². The highest BCUT2D eigenvalue weighted by Gasteiger charge is 2.11. The smallest absolute Gasteiger partial charge is 0.271 e. The Morgan fingerprint density at radius 3 is 2.92 bits per heavy atom. The Kier molecular flexibility index (Phi) is 6.50. The van der Waals surface area contributed by atoms with E-state index in [2.05, 4.69) is 34.7 Å². The first-order valence-corrected chi connectivity index (χ1v) is 8.98. The average Bonchev–Trinajstić information content (AvgIpc) is 2.99. The Hall–Kier alpha value is -2.20. The molecule has 1 heterocycles. The summed E-state index contributed by atoms with van der Waals surface area (Å²) in [5, 5.41) is 25.3. The number of carbonyl (C=O) groups is 1. The Morgan fingerprint density at radius 1 is 1.42 bits per heavy atom. The number of thioether (sulfide) groups is 1. The van der Waals surface area contributed by atoms with Crippen molar-refractivity contribution in [1.29, 1.82) is 0 Å². The first-order chi connectivity index (χ1) is 11.4. The molecule has 128 valence electrons. The summed E-state index contributed by atoms with van der Waals surface area (Å²) in [4.78, 5) is 22.1. The lowest BCUT2D eigenvalue weighted by Gasteiger charge is -2.04. The van der Waals surface area contributed by atoms with Gasteiger partial charge in [0.2, 0.25) is 11.0 Å². The third kappa shape index (κ3) is 5.78. The van der Waals surface area contributed by atoms with Gasteiger partial charge in [-0.25, -0.2) is 0 Å². The molecule has 24 heavy (non-hydrogen) atoms. The average molecular weight is 367 g/mol. The van der Waals surface area contributed by atoms with Gasteiger partial charge in [-0.3, -0.25) is 14.9 Å². The van der Waals surface area contributed by atoms with Crippen LogP contribution in [0.1, 0.15) is 13.8 Å². The van der Waals surface area contributed by atoms with Crippen molar-refractivity contribution in [3.05, 3.63) is 34.4 Å². The number of nitro groups is 1. The predicted octanol–water partition coefficient (Wildman–Crippen LogP) is 3.25. The summed E-state index contributed by atoms with van der Waals surface area (Å²) in [6.07, 6.45) is 0. The zero-order valence-electron chi connectivity index (χ0n) is 13.2. The second-order valence-corrected chi connectivity index (χ2v) is 7.49. The Balaban J connectivity index is 1.83. The fourth-order valence-electron chi connectivity index (χ4n) is 1.65. The van der Waals surface area contributed by atoms with E-state index in [4.69, 9.17) is 0 Å². The van der Waals surface area contributed by atoms with Crippen LogP contribution in [0.25, 0.3) is 0 Å². The molecule has 8 nitrogen and oxygen atoms in total. The molecule has 0 saturated carbocycles. The summed E-state index contributed by atoms with van der Waals surface area (Å²) in [5.41, 5.74) is 0.330. The monoisotopic (exact) mass is 367 g/mol. The first-order valence-electron chi connectivity index (χ1n) is 7.18. The summed E-state index contributed by atoms with van der Waals surface area (Å²) in [7, 11) is 0. The molecule has 2 rings (SSSR count). The second kappa shape index (κ2) is 8.60. The summed E-state index contributed by atoms with van der Waals surface area (Å²) in [6, 6.07) is 5.82. The normalized spacial score (nSPS) is 10.6. The number of nitrogens with one attached hydrogen (secondary N) is 2. The SMILES string of the molecule is CC(C)CNc1nnc(SCC(=O)Nc2cccc([N+](=O)[O-])c2)s1. The zero-order chi connectivity index (χ0) is 17.5. The summed E-state index contributed by atoms with van der Waals surface area (Å²) < 4.78 is 0.690. The molecule has 0 spiro atoms. The maximum Gasteiger partial charge on any atom is 0.271 e. The molecule has 0 aliphatic carbocycles. The van der Waals surface area contributed by atoms with E-state index < -0.39 is 4.92 Å². The van der Waals surface area contributed by atoms with Crippen LogP contribution in [0.4, 0.5) is 16.5 Å². The Morgan fingerprint density at radius 2 is 2.21 bits per heavy atom. The van der Waals surface area contributed by atoms with E-state index in [-0.39, 0.29) is 17.3 Å². The number of nitrogens with zero attached hydrogens (tertiary/aromatic N) is 3. The number of nitro benzene ring substituents is 1. The summed E-state index contributed by atoms with van der Waals surface area (Å²) in [6.45, 7) is 5.01. The standard InChI is InChI=1S/C14H17N5O3S2/c1-9(2)7-15-13-17-18-14(24-13)23-8-12(20)16-10-4-3-5-11(6-10)19(21)22/h3-6,9H,7-8H2,1-2H3,(H,15,17)(H,16,20). The van der Waals surface area contributed by atoms with Gasteiger partial charge < -0.3 is 10.6 Å². The van der Waals surface area contributed by atoms with Gasteiger partial charge in [-0.1, -0.05) is 43.0 Å². The van der Waals surface area contributed by atoms with Gasteiger partial charge in [0.05, 0.1) is 10.7 Å².